The molecule has 0 aromatic heterocycles. The molecule has 1 unspecified atom stereocenters. The number of anilines is 1. The summed E-state index contributed by atoms with van der Waals surface area (Å²) in [6, 6.07) is 17.0. The van der Waals surface area contributed by atoms with E-state index in [4.69, 9.17) is 0 Å². The van der Waals surface area contributed by atoms with Crippen LogP contribution in [0.2, 0.25) is 0 Å². The Bertz CT molecular complexity index is 584. The number of hydrogen-bond acceptors (Lipinski definition) is 3. The summed E-state index contributed by atoms with van der Waals surface area (Å²) in [4.78, 5) is 11.8. The van der Waals surface area contributed by atoms with Gasteiger partial charge in [-0.25, -0.2) is 0 Å². The average molecular weight is 284 g/mol. The summed E-state index contributed by atoms with van der Waals surface area (Å²) in [5, 5.41) is 15.8. The molecule has 21 heavy (non-hydrogen) atoms. The molecule has 0 aliphatic carbocycles. The number of aliphatic hydroxyl groups excluding tert-OH is 1. The minimum Gasteiger partial charge on any atom is -0.387 e. The van der Waals surface area contributed by atoms with Crippen LogP contribution >= 0.6 is 0 Å². The fraction of sp³-hybridized carbons (Fsp3) is 0.235. The van der Waals surface area contributed by atoms with E-state index >= 15 is 0 Å². The monoisotopic (exact) mass is 284 g/mol. The van der Waals surface area contributed by atoms with Gasteiger partial charge in [0.15, 0.2) is 0 Å². The molecule has 4 heteroatoms. The molecule has 0 saturated heterocycles. The fourth-order valence-corrected chi connectivity index (χ4v) is 2.02. The molecule has 110 valence electrons. The first-order valence-corrected chi connectivity index (χ1v) is 6.96. The van der Waals surface area contributed by atoms with Crippen molar-refractivity contribution in [2.45, 2.75) is 13.0 Å². The molecule has 2 rings (SSSR count). The molecule has 0 fully saturated rings. The van der Waals surface area contributed by atoms with Crippen molar-refractivity contribution in [2.24, 2.45) is 0 Å². The number of rotatable bonds is 6. The van der Waals surface area contributed by atoms with Gasteiger partial charge in [0.05, 0.1) is 12.6 Å². The van der Waals surface area contributed by atoms with Gasteiger partial charge in [0.1, 0.15) is 0 Å². The maximum absolute atomic E-state index is 11.8. The van der Waals surface area contributed by atoms with Crippen LogP contribution in [0.5, 0.6) is 0 Å². The van der Waals surface area contributed by atoms with E-state index in [1.165, 1.54) is 0 Å². The Balaban J connectivity index is 1.76. The molecule has 0 radical (unpaired) electrons. The van der Waals surface area contributed by atoms with E-state index in [0.717, 1.165) is 16.8 Å². The third-order valence-corrected chi connectivity index (χ3v) is 3.23. The number of para-hydroxylation sites is 1. The van der Waals surface area contributed by atoms with Gasteiger partial charge in [0.2, 0.25) is 5.91 Å². The Morgan fingerprint density at radius 1 is 1.10 bits per heavy atom. The van der Waals surface area contributed by atoms with Crippen molar-refractivity contribution in [3.8, 4) is 0 Å². The normalized spacial score (nSPS) is 11.9. The van der Waals surface area contributed by atoms with Crippen LogP contribution in [0.15, 0.2) is 54.6 Å². The summed E-state index contributed by atoms with van der Waals surface area (Å²) >= 11 is 0. The molecule has 2 aromatic carbocycles. The maximum atomic E-state index is 11.8. The van der Waals surface area contributed by atoms with Crippen molar-refractivity contribution in [2.75, 3.05) is 18.4 Å². The van der Waals surface area contributed by atoms with Crippen LogP contribution in [0.1, 0.15) is 17.2 Å². The highest BCUT2D eigenvalue weighted by Gasteiger charge is 2.08. The summed E-state index contributed by atoms with van der Waals surface area (Å²) in [6.45, 7) is 2.45. The van der Waals surface area contributed by atoms with Gasteiger partial charge in [-0.1, -0.05) is 48.5 Å². The third kappa shape index (κ3) is 4.70. The quantitative estimate of drug-likeness (QED) is 0.762. The van der Waals surface area contributed by atoms with Gasteiger partial charge in [0, 0.05) is 12.2 Å². The van der Waals surface area contributed by atoms with Crippen molar-refractivity contribution in [1.82, 2.24) is 5.32 Å². The Hall–Kier alpha value is -2.17. The summed E-state index contributed by atoms with van der Waals surface area (Å²) in [5.74, 6) is -0.121. The minimum absolute atomic E-state index is 0.121. The van der Waals surface area contributed by atoms with Gasteiger partial charge < -0.3 is 15.7 Å². The smallest absolute Gasteiger partial charge is 0.238 e. The number of carbonyl (C=O) groups excluding carboxylic acids is 1. The lowest BCUT2D eigenvalue weighted by Gasteiger charge is -2.12. The topological polar surface area (TPSA) is 61.4 Å². The zero-order valence-corrected chi connectivity index (χ0v) is 12.0. The molecule has 2 aromatic rings. The molecule has 0 aliphatic heterocycles. The van der Waals surface area contributed by atoms with Crippen LogP contribution in [0.4, 0.5) is 5.69 Å². The fourth-order valence-electron chi connectivity index (χ4n) is 2.02. The third-order valence-electron chi connectivity index (χ3n) is 3.23. The predicted molar refractivity (Wildman–Crippen MR) is 84.1 cm³/mol. The van der Waals surface area contributed by atoms with Crippen LogP contribution in [0.25, 0.3) is 0 Å². The van der Waals surface area contributed by atoms with Crippen molar-refractivity contribution in [3.63, 3.8) is 0 Å². The van der Waals surface area contributed by atoms with E-state index in [1.54, 1.807) is 0 Å². The van der Waals surface area contributed by atoms with E-state index in [9.17, 15) is 9.90 Å². The lowest BCUT2D eigenvalue weighted by molar-refractivity contribution is -0.115. The number of benzene rings is 2. The molecule has 4 nitrogen and oxygen atoms in total. The lowest BCUT2D eigenvalue weighted by atomic mass is 10.1. The summed E-state index contributed by atoms with van der Waals surface area (Å²) in [7, 11) is 0. The first-order valence-electron chi connectivity index (χ1n) is 6.96. The first-order chi connectivity index (χ1) is 10.2. The van der Waals surface area contributed by atoms with Crippen LogP contribution in [0, 0.1) is 6.92 Å². The molecule has 0 aliphatic rings. The van der Waals surface area contributed by atoms with Crippen LogP contribution < -0.4 is 10.6 Å². The van der Waals surface area contributed by atoms with E-state index in [1.807, 2.05) is 61.5 Å². The maximum Gasteiger partial charge on any atom is 0.238 e. The second-order valence-corrected chi connectivity index (χ2v) is 4.92. The average Bonchev–Trinajstić information content (AvgIpc) is 2.50. The van der Waals surface area contributed by atoms with E-state index in [-0.39, 0.29) is 12.5 Å². The zero-order valence-electron chi connectivity index (χ0n) is 12.0. The lowest BCUT2D eigenvalue weighted by Crippen LogP contribution is -2.31. The van der Waals surface area contributed by atoms with Crippen LogP contribution in [-0.4, -0.2) is 24.1 Å². The second-order valence-electron chi connectivity index (χ2n) is 4.92. The van der Waals surface area contributed by atoms with Gasteiger partial charge in [-0.05, 0) is 24.1 Å². The Labute approximate surface area is 124 Å². The largest absolute Gasteiger partial charge is 0.387 e. The molecule has 0 heterocycles. The number of amides is 1. The summed E-state index contributed by atoms with van der Waals surface area (Å²) < 4.78 is 0. The number of aryl methyl sites for hydroxylation is 1. The van der Waals surface area contributed by atoms with Gasteiger partial charge in [0.25, 0.3) is 0 Å². The van der Waals surface area contributed by atoms with E-state index in [0.29, 0.717) is 6.54 Å². The van der Waals surface area contributed by atoms with E-state index < -0.39 is 6.10 Å². The van der Waals surface area contributed by atoms with Gasteiger partial charge in [-0.15, -0.1) is 0 Å². The number of aliphatic hydroxyl groups is 1. The molecule has 0 spiro atoms. The first kappa shape index (κ1) is 15.2. The second kappa shape index (κ2) is 7.57. The standard InChI is InChI=1S/C17H20N2O2/c1-13-7-5-6-10-15(13)19-17(21)12-18-11-16(20)14-8-3-2-4-9-14/h2-10,16,18,20H,11-12H2,1H3,(H,19,21). The summed E-state index contributed by atoms with van der Waals surface area (Å²) in [6.07, 6.45) is -0.613. The molecule has 0 bridgehead atoms. The van der Waals surface area contributed by atoms with Crippen molar-refractivity contribution in [1.29, 1.82) is 0 Å². The Morgan fingerprint density at radius 3 is 2.48 bits per heavy atom. The number of nitrogens with one attached hydrogen (secondary N) is 2. The SMILES string of the molecule is Cc1ccccc1NC(=O)CNCC(O)c1ccccc1. The predicted octanol–water partition coefficient (Wildman–Crippen LogP) is 2.26. The minimum atomic E-state index is -0.613. The molecular weight excluding hydrogens is 264 g/mol. The van der Waals surface area contributed by atoms with E-state index in [2.05, 4.69) is 10.6 Å². The number of carbonyl (C=O) groups is 1. The molecular formula is C17H20N2O2. The molecule has 1 atom stereocenters. The van der Waals surface area contributed by atoms with Crippen molar-refractivity contribution in [3.05, 3.63) is 65.7 Å². The van der Waals surface area contributed by atoms with Crippen molar-refractivity contribution < 1.29 is 9.90 Å². The van der Waals surface area contributed by atoms with Crippen molar-refractivity contribution >= 4 is 11.6 Å². The Morgan fingerprint density at radius 2 is 1.76 bits per heavy atom. The van der Waals surface area contributed by atoms with Gasteiger partial charge in [-0.3, -0.25) is 4.79 Å². The highest BCUT2D eigenvalue weighted by molar-refractivity contribution is 5.92. The molecule has 1 amide bonds. The zero-order chi connectivity index (χ0) is 15.1. The van der Waals surface area contributed by atoms with Gasteiger partial charge >= 0.3 is 0 Å². The van der Waals surface area contributed by atoms with Crippen LogP contribution in [-0.2, 0) is 4.79 Å². The van der Waals surface area contributed by atoms with Crippen LogP contribution in [0.3, 0.4) is 0 Å². The number of hydrogen-bond donors (Lipinski definition) is 3. The van der Waals surface area contributed by atoms with Gasteiger partial charge in [-0.2, -0.15) is 0 Å². The highest BCUT2D eigenvalue weighted by Crippen LogP contribution is 2.13. The molecule has 3 N–H and O–H groups in total. The molecule has 0 saturated carbocycles. The highest BCUT2D eigenvalue weighted by atomic mass is 16.3. The Kier molecular flexibility index (Phi) is 5.49. The summed E-state index contributed by atoms with van der Waals surface area (Å²) in [5.41, 5.74) is 2.67.